The lowest BCUT2D eigenvalue weighted by Gasteiger charge is -2.45. The molecular weight excluding hydrogens is 368 g/mol. The third-order valence-corrected chi connectivity index (χ3v) is 6.42. The van der Waals surface area contributed by atoms with Crippen molar-refractivity contribution in [3.8, 4) is 11.3 Å². The van der Waals surface area contributed by atoms with Crippen LogP contribution in [0.2, 0.25) is 0 Å². The van der Waals surface area contributed by atoms with E-state index in [1.807, 2.05) is 43.3 Å². The number of carboxylic acids is 1. The summed E-state index contributed by atoms with van der Waals surface area (Å²) in [6, 6.07) is 12.0. The number of aliphatic carboxylic acids is 1. The fourth-order valence-electron chi connectivity index (χ4n) is 4.74. The average Bonchev–Trinajstić information content (AvgIpc) is 2.95. The first-order chi connectivity index (χ1) is 13.9. The molecule has 7 heteroatoms. The highest BCUT2D eigenvalue weighted by Gasteiger charge is 2.55. The van der Waals surface area contributed by atoms with Crippen LogP contribution in [0.15, 0.2) is 36.4 Å². The van der Waals surface area contributed by atoms with E-state index in [1.165, 1.54) is 0 Å². The molecule has 4 rings (SSSR count). The van der Waals surface area contributed by atoms with Gasteiger partial charge in [0.25, 0.3) is 0 Å². The topological polar surface area (TPSA) is 86.6 Å². The Morgan fingerprint density at radius 1 is 1.21 bits per heavy atom. The number of aryl methyl sites for hydroxylation is 1. The van der Waals surface area contributed by atoms with E-state index in [-0.39, 0.29) is 12.3 Å². The number of hydrogen-bond acceptors (Lipinski definition) is 5. The van der Waals surface area contributed by atoms with Crippen molar-refractivity contribution in [2.45, 2.75) is 38.3 Å². The van der Waals surface area contributed by atoms with Crippen LogP contribution >= 0.6 is 0 Å². The molecule has 2 aliphatic rings. The molecule has 0 aliphatic carbocycles. The predicted octanol–water partition coefficient (Wildman–Crippen LogP) is 2.35. The molecule has 1 amide bonds. The normalized spacial score (nSPS) is 21.7. The Morgan fingerprint density at radius 2 is 1.90 bits per heavy atom. The van der Waals surface area contributed by atoms with Crippen molar-refractivity contribution in [2.75, 3.05) is 20.1 Å². The molecule has 1 aromatic heterocycles. The molecule has 1 N–H and O–H groups in total. The summed E-state index contributed by atoms with van der Waals surface area (Å²) in [5.74, 6) is -0.793. The lowest BCUT2D eigenvalue weighted by Crippen LogP contribution is -2.56. The zero-order chi connectivity index (χ0) is 20.6. The molecule has 2 fully saturated rings. The Labute approximate surface area is 170 Å². The van der Waals surface area contributed by atoms with Crippen LogP contribution in [-0.2, 0) is 16.1 Å². The van der Waals surface area contributed by atoms with E-state index in [9.17, 15) is 14.7 Å². The number of rotatable bonds is 4. The molecular formula is C22H26N4O3. The first kappa shape index (κ1) is 19.5. The van der Waals surface area contributed by atoms with Gasteiger partial charge in [0.05, 0.1) is 23.7 Å². The Balaban J connectivity index is 1.48. The number of hydrogen-bond donors (Lipinski definition) is 1. The summed E-state index contributed by atoms with van der Waals surface area (Å²) in [7, 11) is 1.75. The minimum atomic E-state index is -0.870. The number of carbonyl (C=O) groups is 2. The Morgan fingerprint density at radius 3 is 2.55 bits per heavy atom. The molecule has 2 aliphatic heterocycles. The summed E-state index contributed by atoms with van der Waals surface area (Å²) in [6.45, 7) is 4.03. The van der Waals surface area contributed by atoms with Crippen LogP contribution in [-0.4, -0.2) is 62.4 Å². The molecule has 152 valence electrons. The number of carboxylic acid groups (broad SMARTS) is 1. The van der Waals surface area contributed by atoms with E-state index < -0.39 is 17.4 Å². The van der Waals surface area contributed by atoms with Crippen LogP contribution in [0.3, 0.4) is 0 Å². The summed E-state index contributed by atoms with van der Waals surface area (Å²) in [5, 5.41) is 9.62. The number of piperidine rings is 1. The van der Waals surface area contributed by atoms with Gasteiger partial charge in [0.15, 0.2) is 0 Å². The van der Waals surface area contributed by atoms with Gasteiger partial charge in [-0.25, -0.2) is 9.97 Å². The molecule has 2 aromatic rings. The maximum Gasteiger partial charge on any atom is 0.309 e. The molecule has 0 saturated carbocycles. The van der Waals surface area contributed by atoms with Crippen molar-refractivity contribution >= 4 is 11.9 Å². The number of likely N-dealkylation sites (tertiary alicyclic amines) is 2. The van der Waals surface area contributed by atoms with Gasteiger partial charge in [-0.05, 0) is 25.8 Å². The Bertz CT molecular complexity index is 923. The second-order valence-corrected chi connectivity index (χ2v) is 8.10. The van der Waals surface area contributed by atoms with E-state index in [1.54, 1.807) is 11.9 Å². The van der Waals surface area contributed by atoms with Crippen molar-refractivity contribution in [1.82, 2.24) is 19.8 Å². The molecule has 29 heavy (non-hydrogen) atoms. The smallest absolute Gasteiger partial charge is 0.309 e. The maximum absolute atomic E-state index is 12.2. The largest absolute Gasteiger partial charge is 0.481 e. The average molecular weight is 394 g/mol. The van der Waals surface area contributed by atoms with Gasteiger partial charge in [-0.3, -0.25) is 14.5 Å². The summed E-state index contributed by atoms with van der Waals surface area (Å²) in [4.78, 5) is 37.2. The van der Waals surface area contributed by atoms with Crippen molar-refractivity contribution in [1.29, 1.82) is 0 Å². The third-order valence-electron chi connectivity index (χ3n) is 6.42. The predicted molar refractivity (Wildman–Crippen MR) is 108 cm³/mol. The number of amides is 1. The second-order valence-electron chi connectivity index (χ2n) is 8.10. The first-order valence-electron chi connectivity index (χ1n) is 10.0. The monoisotopic (exact) mass is 394 g/mol. The van der Waals surface area contributed by atoms with Crippen LogP contribution < -0.4 is 0 Å². The lowest BCUT2D eigenvalue weighted by atomic mass is 9.77. The fourth-order valence-corrected chi connectivity index (χ4v) is 4.74. The molecule has 3 heterocycles. The van der Waals surface area contributed by atoms with Crippen LogP contribution in [0, 0.1) is 12.8 Å². The Hall–Kier alpha value is -2.80. The fraction of sp³-hybridized carbons (Fsp3) is 0.455. The van der Waals surface area contributed by atoms with Gasteiger partial charge >= 0.3 is 5.97 Å². The quantitative estimate of drug-likeness (QED) is 0.857. The summed E-state index contributed by atoms with van der Waals surface area (Å²) < 4.78 is 0. The van der Waals surface area contributed by atoms with E-state index in [2.05, 4.69) is 9.88 Å². The summed E-state index contributed by atoms with van der Waals surface area (Å²) in [6.07, 6.45) is 1.42. The summed E-state index contributed by atoms with van der Waals surface area (Å²) in [5.41, 5.74) is 2.33. The zero-order valence-electron chi connectivity index (χ0n) is 16.8. The molecule has 2 saturated heterocycles. The SMILES string of the molecule is Cc1cc(-c2ccccc2)nc(CN2CCC3(CC2)[C@@H](C(=O)O)CC(=O)N3C)n1. The van der Waals surface area contributed by atoms with Crippen molar-refractivity contribution in [3.63, 3.8) is 0 Å². The molecule has 1 atom stereocenters. The van der Waals surface area contributed by atoms with Crippen LogP contribution in [0.25, 0.3) is 11.3 Å². The van der Waals surface area contributed by atoms with Crippen molar-refractivity contribution in [3.05, 3.63) is 47.9 Å². The van der Waals surface area contributed by atoms with Crippen molar-refractivity contribution in [2.24, 2.45) is 5.92 Å². The van der Waals surface area contributed by atoms with Crippen LogP contribution in [0.5, 0.6) is 0 Å². The highest BCUT2D eigenvalue weighted by molar-refractivity contribution is 5.88. The van der Waals surface area contributed by atoms with E-state index in [0.717, 1.165) is 35.9 Å². The molecule has 1 aromatic carbocycles. The molecule has 7 nitrogen and oxygen atoms in total. The van der Waals surface area contributed by atoms with Gasteiger partial charge in [0, 0.05) is 37.8 Å². The Kier molecular flexibility index (Phi) is 5.08. The lowest BCUT2D eigenvalue weighted by molar-refractivity contribution is -0.146. The van der Waals surface area contributed by atoms with Gasteiger partial charge in [-0.15, -0.1) is 0 Å². The van der Waals surface area contributed by atoms with Gasteiger partial charge in [-0.1, -0.05) is 30.3 Å². The van der Waals surface area contributed by atoms with Gasteiger partial charge in [0.2, 0.25) is 5.91 Å². The molecule has 0 radical (unpaired) electrons. The number of aromatic nitrogens is 2. The zero-order valence-corrected chi connectivity index (χ0v) is 16.8. The second kappa shape index (κ2) is 7.55. The summed E-state index contributed by atoms with van der Waals surface area (Å²) >= 11 is 0. The van der Waals surface area contributed by atoms with Gasteiger partial charge < -0.3 is 10.0 Å². The van der Waals surface area contributed by atoms with Crippen LogP contribution in [0.1, 0.15) is 30.8 Å². The minimum absolute atomic E-state index is 0.0691. The van der Waals surface area contributed by atoms with Gasteiger partial charge in [0.1, 0.15) is 5.82 Å². The highest BCUT2D eigenvalue weighted by atomic mass is 16.4. The maximum atomic E-state index is 12.2. The standard InChI is InChI=1S/C22H26N4O3/c1-15-12-18(16-6-4-3-5-7-16)24-19(23-15)14-26-10-8-22(9-11-26)17(21(28)29)13-20(27)25(22)2/h3-7,12,17H,8-11,13-14H2,1-2H3,(H,28,29)/t17-/m1/s1. The molecule has 0 unspecified atom stereocenters. The number of benzene rings is 1. The molecule has 0 bridgehead atoms. The number of carbonyl (C=O) groups excluding carboxylic acids is 1. The van der Waals surface area contributed by atoms with E-state index >= 15 is 0 Å². The van der Waals surface area contributed by atoms with E-state index in [0.29, 0.717) is 19.4 Å². The van der Waals surface area contributed by atoms with Gasteiger partial charge in [-0.2, -0.15) is 0 Å². The minimum Gasteiger partial charge on any atom is -0.481 e. The van der Waals surface area contributed by atoms with E-state index in [4.69, 9.17) is 4.98 Å². The molecule has 1 spiro atoms. The van der Waals surface area contributed by atoms with Crippen LogP contribution in [0.4, 0.5) is 0 Å². The number of nitrogens with zero attached hydrogens (tertiary/aromatic N) is 4. The van der Waals surface area contributed by atoms with Crippen molar-refractivity contribution < 1.29 is 14.7 Å². The first-order valence-corrected chi connectivity index (χ1v) is 10.0. The third kappa shape index (κ3) is 3.62. The highest BCUT2D eigenvalue weighted by Crippen LogP contribution is 2.42.